The molecular weight excluding hydrogens is 315 g/mol. The highest BCUT2D eigenvalue weighted by Crippen LogP contribution is 2.26. The number of β-amino-alcohol motifs (C(OH)–C–C–N with tert-alkyl or cyclic N) is 1. The molecule has 6 nitrogen and oxygen atoms in total. The van der Waals surface area contributed by atoms with Crippen LogP contribution in [0, 0.1) is 5.82 Å². The third kappa shape index (κ3) is 3.68. The topological polar surface area (TPSA) is 62.2 Å². The molecule has 0 aromatic heterocycles. The van der Waals surface area contributed by atoms with E-state index in [9.17, 15) is 14.3 Å². The lowest BCUT2D eigenvalue weighted by molar-refractivity contribution is -0.0257. The summed E-state index contributed by atoms with van der Waals surface area (Å²) in [5.74, 6) is -0.725. The molecule has 2 fully saturated rings. The van der Waals surface area contributed by atoms with Gasteiger partial charge in [0, 0.05) is 31.7 Å². The quantitative estimate of drug-likeness (QED) is 0.878. The largest absolute Gasteiger partial charge is 0.494 e. The molecule has 132 valence electrons. The summed E-state index contributed by atoms with van der Waals surface area (Å²) in [5, 5.41) is 10.8. The summed E-state index contributed by atoms with van der Waals surface area (Å²) in [7, 11) is 1.38. The molecule has 3 rings (SSSR count). The number of halogens is 1. The first-order chi connectivity index (χ1) is 11.5. The van der Waals surface area contributed by atoms with Crippen molar-refractivity contribution in [2.45, 2.75) is 12.0 Å². The van der Waals surface area contributed by atoms with E-state index in [4.69, 9.17) is 9.47 Å². The minimum Gasteiger partial charge on any atom is -0.494 e. The monoisotopic (exact) mass is 338 g/mol. The van der Waals surface area contributed by atoms with Gasteiger partial charge in [-0.1, -0.05) is 0 Å². The van der Waals surface area contributed by atoms with Crippen molar-refractivity contribution in [3.63, 3.8) is 0 Å². The van der Waals surface area contributed by atoms with E-state index in [0.29, 0.717) is 32.7 Å². The SMILES string of the molecule is COc1ccc(C(=O)N2CC[C@](O)(CN3CCOCC3)C2)cc1F. The van der Waals surface area contributed by atoms with Gasteiger partial charge in [0.25, 0.3) is 5.91 Å². The number of amides is 1. The lowest BCUT2D eigenvalue weighted by Crippen LogP contribution is -2.49. The third-order valence-corrected chi connectivity index (χ3v) is 4.64. The summed E-state index contributed by atoms with van der Waals surface area (Å²) < 4.78 is 24.0. The van der Waals surface area contributed by atoms with Crippen molar-refractivity contribution in [2.24, 2.45) is 0 Å². The van der Waals surface area contributed by atoms with Crippen molar-refractivity contribution in [1.82, 2.24) is 9.80 Å². The molecule has 1 amide bonds. The van der Waals surface area contributed by atoms with Crippen LogP contribution in [0.3, 0.4) is 0 Å². The van der Waals surface area contributed by atoms with E-state index < -0.39 is 11.4 Å². The van der Waals surface area contributed by atoms with Crippen LogP contribution < -0.4 is 4.74 Å². The Labute approximate surface area is 140 Å². The van der Waals surface area contributed by atoms with Gasteiger partial charge >= 0.3 is 0 Å². The number of rotatable bonds is 4. The molecule has 0 bridgehead atoms. The second kappa shape index (κ2) is 7.04. The van der Waals surface area contributed by atoms with Gasteiger partial charge in [-0.2, -0.15) is 0 Å². The summed E-state index contributed by atoms with van der Waals surface area (Å²) in [6.45, 7) is 4.18. The zero-order valence-electron chi connectivity index (χ0n) is 13.8. The van der Waals surface area contributed by atoms with Crippen molar-refractivity contribution in [3.8, 4) is 5.75 Å². The predicted octanol–water partition coefficient (Wildman–Crippen LogP) is 0.744. The van der Waals surface area contributed by atoms with Crippen LogP contribution in [0.1, 0.15) is 16.8 Å². The van der Waals surface area contributed by atoms with E-state index in [0.717, 1.165) is 13.1 Å². The van der Waals surface area contributed by atoms with Crippen LogP contribution >= 0.6 is 0 Å². The van der Waals surface area contributed by atoms with E-state index in [1.807, 2.05) is 0 Å². The van der Waals surface area contributed by atoms with Crippen LogP contribution in [-0.2, 0) is 4.74 Å². The van der Waals surface area contributed by atoms with Gasteiger partial charge in [0.2, 0.25) is 0 Å². The lowest BCUT2D eigenvalue weighted by atomic mass is 10.0. The summed E-state index contributed by atoms with van der Waals surface area (Å²) >= 11 is 0. The first-order valence-corrected chi connectivity index (χ1v) is 8.16. The van der Waals surface area contributed by atoms with Crippen molar-refractivity contribution in [2.75, 3.05) is 53.0 Å². The molecule has 0 aliphatic carbocycles. The van der Waals surface area contributed by atoms with Crippen LogP contribution in [0.25, 0.3) is 0 Å². The van der Waals surface area contributed by atoms with Crippen molar-refractivity contribution >= 4 is 5.91 Å². The molecule has 0 radical (unpaired) electrons. The minimum atomic E-state index is -0.919. The summed E-state index contributed by atoms with van der Waals surface area (Å²) in [6.07, 6.45) is 0.523. The first kappa shape index (κ1) is 17.1. The number of nitrogens with zero attached hydrogens (tertiary/aromatic N) is 2. The maximum atomic E-state index is 13.8. The Morgan fingerprint density at radius 3 is 2.79 bits per heavy atom. The highest BCUT2D eigenvalue weighted by atomic mass is 19.1. The molecular formula is C17H23FN2O4. The number of carbonyl (C=O) groups excluding carboxylic acids is 1. The standard InChI is InChI=1S/C17H23FN2O4/c1-23-15-3-2-13(10-14(15)18)16(21)20-5-4-17(22,12-20)11-19-6-8-24-9-7-19/h2-3,10,22H,4-9,11-12H2,1H3/t17-/m0/s1. The lowest BCUT2D eigenvalue weighted by Gasteiger charge is -2.33. The van der Waals surface area contributed by atoms with Crippen molar-refractivity contribution in [1.29, 1.82) is 0 Å². The van der Waals surface area contributed by atoms with Gasteiger partial charge < -0.3 is 19.5 Å². The fourth-order valence-electron chi connectivity index (χ4n) is 3.32. The number of methoxy groups -OCH3 is 1. The van der Waals surface area contributed by atoms with E-state index in [-0.39, 0.29) is 23.8 Å². The van der Waals surface area contributed by atoms with Crippen LogP contribution in [0.2, 0.25) is 0 Å². The molecule has 2 saturated heterocycles. The average Bonchev–Trinajstić information content (AvgIpc) is 2.97. The van der Waals surface area contributed by atoms with Gasteiger partial charge in [-0.05, 0) is 24.6 Å². The molecule has 1 aromatic rings. The van der Waals surface area contributed by atoms with E-state index >= 15 is 0 Å². The number of aliphatic hydroxyl groups is 1. The zero-order chi connectivity index (χ0) is 17.2. The number of hydrogen-bond donors (Lipinski definition) is 1. The normalized spacial score (nSPS) is 25.0. The molecule has 0 saturated carbocycles. The smallest absolute Gasteiger partial charge is 0.254 e. The molecule has 1 atom stereocenters. The van der Waals surface area contributed by atoms with Gasteiger partial charge in [-0.15, -0.1) is 0 Å². The number of morpholine rings is 1. The summed E-state index contributed by atoms with van der Waals surface area (Å²) in [5.41, 5.74) is -0.651. The molecule has 7 heteroatoms. The predicted molar refractivity (Wildman–Crippen MR) is 85.7 cm³/mol. The van der Waals surface area contributed by atoms with E-state index in [2.05, 4.69) is 4.90 Å². The maximum absolute atomic E-state index is 13.8. The summed E-state index contributed by atoms with van der Waals surface area (Å²) in [4.78, 5) is 16.3. The third-order valence-electron chi connectivity index (χ3n) is 4.64. The molecule has 2 aliphatic heterocycles. The average molecular weight is 338 g/mol. The molecule has 2 heterocycles. The zero-order valence-corrected chi connectivity index (χ0v) is 13.8. The minimum absolute atomic E-state index is 0.108. The Bertz CT molecular complexity index is 606. The number of likely N-dealkylation sites (tertiary alicyclic amines) is 1. The van der Waals surface area contributed by atoms with Crippen LogP contribution in [0.4, 0.5) is 4.39 Å². The number of carbonyl (C=O) groups is 1. The number of hydrogen-bond acceptors (Lipinski definition) is 5. The van der Waals surface area contributed by atoms with Gasteiger partial charge in [0.15, 0.2) is 11.6 Å². The second-order valence-electron chi connectivity index (χ2n) is 6.44. The van der Waals surface area contributed by atoms with Crippen LogP contribution in [-0.4, -0.2) is 79.5 Å². The molecule has 2 aliphatic rings. The highest BCUT2D eigenvalue weighted by Gasteiger charge is 2.40. The molecule has 0 unspecified atom stereocenters. The molecule has 24 heavy (non-hydrogen) atoms. The van der Waals surface area contributed by atoms with Crippen molar-refractivity contribution < 1.29 is 23.8 Å². The fraction of sp³-hybridized carbons (Fsp3) is 0.588. The number of benzene rings is 1. The van der Waals surface area contributed by atoms with Gasteiger partial charge in [0.1, 0.15) is 0 Å². The molecule has 1 N–H and O–H groups in total. The fourth-order valence-corrected chi connectivity index (χ4v) is 3.32. The maximum Gasteiger partial charge on any atom is 0.254 e. The molecule has 1 aromatic carbocycles. The second-order valence-corrected chi connectivity index (χ2v) is 6.44. The van der Waals surface area contributed by atoms with Crippen LogP contribution in [0.5, 0.6) is 5.75 Å². The van der Waals surface area contributed by atoms with Gasteiger partial charge in [0.05, 0.1) is 32.5 Å². The Kier molecular flexibility index (Phi) is 5.03. The van der Waals surface area contributed by atoms with Gasteiger partial charge in [-0.3, -0.25) is 9.69 Å². The Morgan fingerprint density at radius 1 is 1.38 bits per heavy atom. The first-order valence-electron chi connectivity index (χ1n) is 8.16. The number of ether oxygens (including phenoxy) is 2. The molecule has 0 spiro atoms. The Hall–Kier alpha value is -1.70. The van der Waals surface area contributed by atoms with E-state index in [1.165, 1.54) is 19.2 Å². The summed E-state index contributed by atoms with van der Waals surface area (Å²) in [6, 6.07) is 4.17. The Morgan fingerprint density at radius 2 is 2.12 bits per heavy atom. The highest BCUT2D eigenvalue weighted by molar-refractivity contribution is 5.94. The van der Waals surface area contributed by atoms with E-state index in [1.54, 1.807) is 11.0 Å². The Balaban J connectivity index is 1.63. The van der Waals surface area contributed by atoms with Crippen LogP contribution in [0.15, 0.2) is 18.2 Å². The van der Waals surface area contributed by atoms with Crippen molar-refractivity contribution in [3.05, 3.63) is 29.6 Å². The van der Waals surface area contributed by atoms with Gasteiger partial charge in [-0.25, -0.2) is 4.39 Å².